The van der Waals surface area contributed by atoms with Crippen molar-refractivity contribution in [1.82, 2.24) is 0 Å². The first-order chi connectivity index (χ1) is 16.4. The summed E-state index contributed by atoms with van der Waals surface area (Å²) >= 11 is 0. The van der Waals surface area contributed by atoms with Crippen molar-refractivity contribution in [3.63, 3.8) is 0 Å². The highest BCUT2D eigenvalue weighted by Crippen LogP contribution is 2.44. The Labute approximate surface area is 198 Å². The maximum absolute atomic E-state index is 13.3. The second kappa shape index (κ2) is 9.97. The number of hydrogen-bond acceptors (Lipinski definition) is 6. The van der Waals surface area contributed by atoms with Crippen molar-refractivity contribution in [2.75, 3.05) is 25.2 Å². The van der Waals surface area contributed by atoms with Gasteiger partial charge in [-0.15, -0.1) is 0 Å². The van der Waals surface area contributed by atoms with E-state index in [1.165, 1.54) is 4.90 Å². The molecule has 0 bridgehead atoms. The van der Waals surface area contributed by atoms with Crippen molar-refractivity contribution in [3.8, 4) is 16.9 Å². The van der Waals surface area contributed by atoms with Crippen molar-refractivity contribution in [1.29, 1.82) is 0 Å². The van der Waals surface area contributed by atoms with Crippen molar-refractivity contribution in [3.05, 3.63) is 84.0 Å². The summed E-state index contributed by atoms with van der Waals surface area (Å²) in [5.41, 5.74) is 3.05. The second-order valence-corrected chi connectivity index (χ2v) is 8.30. The lowest BCUT2D eigenvalue weighted by Gasteiger charge is -2.28. The number of nitrogens with zero attached hydrogens (tertiary/aromatic N) is 1. The molecule has 0 spiro atoms. The molecular formula is C27H27NO6. The molecule has 1 aliphatic rings. The first-order valence-corrected chi connectivity index (χ1v) is 11.1. The molecule has 0 saturated heterocycles. The molecule has 1 aromatic heterocycles. The van der Waals surface area contributed by atoms with Gasteiger partial charge in [0.1, 0.15) is 12.4 Å². The van der Waals surface area contributed by atoms with Crippen molar-refractivity contribution < 1.29 is 28.6 Å². The molecule has 0 saturated carbocycles. The molecule has 1 atom stereocenters. The fourth-order valence-corrected chi connectivity index (χ4v) is 4.04. The lowest BCUT2D eigenvalue weighted by Crippen LogP contribution is -2.31. The Morgan fingerprint density at radius 3 is 2.44 bits per heavy atom. The van der Waals surface area contributed by atoms with Crippen LogP contribution in [-0.2, 0) is 14.3 Å². The Kier molecular flexibility index (Phi) is 6.84. The fraction of sp³-hybridized carbons (Fsp3) is 0.259. The molecule has 1 unspecified atom stereocenters. The number of furan rings is 1. The van der Waals surface area contributed by atoms with Crippen LogP contribution >= 0.6 is 0 Å². The predicted octanol–water partition coefficient (Wildman–Crippen LogP) is 5.10. The van der Waals surface area contributed by atoms with Crippen LogP contribution in [0.4, 0.5) is 5.69 Å². The van der Waals surface area contributed by atoms with E-state index < -0.39 is 23.6 Å². The summed E-state index contributed by atoms with van der Waals surface area (Å²) in [5, 5.41) is 10.8. The van der Waals surface area contributed by atoms with Crippen LogP contribution in [0.5, 0.6) is 5.75 Å². The van der Waals surface area contributed by atoms with Gasteiger partial charge in [0.2, 0.25) is 0 Å². The van der Waals surface area contributed by atoms with Gasteiger partial charge < -0.3 is 19.0 Å². The summed E-state index contributed by atoms with van der Waals surface area (Å²) in [5.74, 6) is -1.34. The van der Waals surface area contributed by atoms with E-state index in [1.807, 2.05) is 30.3 Å². The van der Waals surface area contributed by atoms with Crippen LogP contribution in [0, 0.1) is 5.92 Å². The van der Waals surface area contributed by atoms with Gasteiger partial charge in [0.05, 0.1) is 30.7 Å². The topological polar surface area (TPSA) is 89.2 Å². The van der Waals surface area contributed by atoms with E-state index in [9.17, 15) is 14.7 Å². The first-order valence-electron chi connectivity index (χ1n) is 11.1. The van der Waals surface area contributed by atoms with Gasteiger partial charge in [0.15, 0.2) is 11.5 Å². The number of benzene rings is 2. The monoisotopic (exact) mass is 461 g/mol. The number of aliphatic hydroxyl groups is 1. The minimum absolute atomic E-state index is 0.0710. The summed E-state index contributed by atoms with van der Waals surface area (Å²) in [7, 11) is 1.58. The smallest absolute Gasteiger partial charge is 0.294 e. The Morgan fingerprint density at radius 1 is 1.06 bits per heavy atom. The molecule has 1 amide bonds. The van der Waals surface area contributed by atoms with Gasteiger partial charge in [0.25, 0.3) is 5.91 Å². The molecule has 4 rings (SSSR count). The van der Waals surface area contributed by atoms with Crippen LogP contribution in [0.25, 0.3) is 11.1 Å². The van der Waals surface area contributed by atoms with Crippen LogP contribution in [-0.4, -0.2) is 37.1 Å². The van der Waals surface area contributed by atoms with Crippen LogP contribution in [0.3, 0.4) is 0 Å². The molecule has 2 heterocycles. The van der Waals surface area contributed by atoms with Crippen LogP contribution in [0.1, 0.15) is 25.5 Å². The van der Waals surface area contributed by atoms with E-state index in [2.05, 4.69) is 0 Å². The molecule has 3 aromatic rings. The highest BCUT2D eigenvalue weighted by Gasteiger charge is 2.45. The lowest BCUT2D eigenvalue weighted by atomic mass is 9.90. The molecule has 7 heteroatoms. The predicted molar refractivity (Wildman–Crippen MR) is 128 cm³/mol. The number of methoxy groups -OCH3 is 1. The van der Waals surface area contributed by atoms with E-state index in [0.29, 0.717) is 30.2 Å². The summed E-state index contributed by atoms with van der Waals surface area (Å²) in [6, 6.07) is 15.5. The highest BCUT2D eigenvalue weighted by molar-refractivity contribution is 6.17. The number of carbonyl (C=O) groups is 2. The van der Waals surface area contributed by atoms with Gasteiger partial charge in [0, 0.05) is 29.8 Å². The zero-order valence-electron chi connectivity index (χ0n) is 19.4. The van der Waals surface area contributed by atoms with Crippen LogP contribution in [0.2, 0.25) is 0 Å². The zero-order valence-corrected chi connectivity index (χ0v) is 19.4. The molecule has 176 valence electrons. The van der Waals surface area contributed by atoms with Crippen molar-refractivity contribution >= 4 is 17.4 Å². The average Bonchev–Trinajstić information content (AvgIpc) is 3.47. The number of anilines is 1. The average molecular weight is 462 g/mol. The van der Waals surface area contributed by atoms with E-state index >= 15 is 0 Å². The Hall–Kier alpha value is -3.84. The second-order valence-electron chi connectivity index (χ2n) is 8.30. The zero-order chi connectivity index (χ0) is 24.2. The van der Waals surface area contributed by atoms with Gasteiger partial charge in [-0.05, 0) is 29.8 Å². The van der Waals surface area contributed by atoms with Gasteiger partial charge in [-0.3, -0.25) is 14.5 Å². The van der Waals surface area contributed by atoms with Gasteiger partial charge in [-0.2, -0.15) is 0 Å². The molecule has 0 radical (unpaired) electrons. The third-order valence-electron chi connectivity index (χ3n) is 5.76. The van der Waals surface area contributed by atoms with Crippen LogP contribution in [0.15, 0.2) is 82.9 Å². The molecular weight excluding hydrogens is 434 g/mol. The summed E-state index contributed by atoms with van der Waals surface area (Å²) in [6.07, 6.45) is 3.23. The molecule has 1 aliphatic heterocycles. The van der Waals surface area contributed by atoms with Gasteiger partial charge in [-0.1, -0.05) is 44.2 Å². The maximum atomic E-state index is 13.3. The first kappa shape index (κ1) is 23.3. The number of hydrogen-bond donors (Lipinski definition) is 1. The molecule has 7 nitrogen and oxygen atoms in total. The van der Waals surface area contributed by atoms with E-state index in [4.69, 9.17) is 13.9 Å². The number of amides is 1. The molecule has 34 heavy (non-hydrogen) atoms. The van der Waals surface area contributed by atoms with E-state index in [1.54, 1.807) is 57.7 Å². The number of rotatable bonds is 9. The number of para-hydroxylation sites is 1. The Morgan fingerprint density at radius 2 is 1.79 bits per heavy atom. The van der Waals surface area contributed by atoms with Gasteiger partial charge >= 0.3 is 0 Å². The minimum Gasteiger partial charge on any atom is -0.503 e. The minimum atomic E-state index is -0.832. The SMILES string of the molecule is COCCOc1ccccc1C1C(C(=O)C(C)C)=C(O)C(=O)N1c1ccc(-c2ccoc2)cc1. The van der Waals surface area contributed by atoms with Gasteiger partial charge in [-0.25, -0.2) is 0 Å². The quantitative estimate of drug-likeness (QED) is 0.446. The maximum Gasteiger partial charge on any atom is 0.294 e. The van der Waals surface area contributed by atoms with Crippen molar-refractivity contribution in [2.24, 2.45) is 5.92 Å². The standard InChI is InChI=1S/C27H27NO6/c1-17(2)25(29)23-24(21-6-4-5-7-22(21)34-15-14-32-3)28(27(31)26(23)30)20-10-8-18(9-11-20)19-12-13-33-16-19/h4-13,16-17,24,30H,14-15H2,1-3H3. The third-order valence-corrected chi connectivity index (χ3v) is 5.76. The largest absolute Gasteiger partial charge is 0.503 e. The Bertz CT molecular complexity index is 1190. The van der Waals surface area contributed by atoms with E-state index in [-0.39, 0.29) is 11.4 Å². The summed E-state index contributed by atoms with van der Waals surface area (Å²) < 4.78 is 16.2. The molecule has 2 aromatic carbocycles. The number of aliphatic hydroxyl groups excluding tert-OH is 1. The van der Waals surface area contributed by atoms with Crippen molar-refractivity contribution in [2.45, 2.75) is 19.9 Å². The molecule has 0 aliphatic carbocycles. The Balaban J connectivity index is 1.80. The molecule has 0 fully saturated rings. The number of ether oxygens (including phenoxy) is 2. The fourth-order valence-electron chi connectivity index (χ4n) is 4.04. The lowest BCUT2D eigenvalue weighted by molar-refractivity contribution is -0.119. The summed E-state index contributed by atoms with van der Waals surface area (Å²) in [4.78, 5) is 27.9. The number of ketones is 1. The highest BCUT2D eigenvalue weighted by atomic mass is 16.5. The normalized spacial score (nSPS) is 15.9. The third kappa shape index (κ3) is 4.34. The summed E-state index contributed by atoms with van der Waals surface area (Å²) in [6.45, 7) is 4.17. The van der Waals surface area contributed by atoms with E-state index in [0.717, 1.165) is 11.1 Å². The molecule has 1 N–H and O–H groups in total. The number of Topliss-reactive ketones (excluding diaryl/α,β-unsaturated/α-hetero) is 1. The van der Waals surface area contributed by atoms with Crippen LogP contribution < -0.4 is 9.64 Å². The number of carbonyl (C=O) groups excluding carboxylic acids is 2.